The van der Waals surface area contributed by atoms with E-state index in [1.165, 1.54) is 13.0 Å². The molecule has 1 saturated heterocycles. The smallest absolute Gasteiger partial charge is 0.0252 e. The molecule has 1 aliphatic rings. The van der Waals surface area contributed by atoms with Crippen LogP contribution in [0.4, 0.5) is 0 Å². The lowest BCUT2D eigenvalue weighted by molar-refractivity contribution is 0.277. The lowest BCUT2D eigenvalue weighted by atomic mass is 10.1. The maximum atomic E-state index is 3.41. The molecule has 0 aliphatic carbocycles. The van der Waals surface area contributed by atoms with Crippen LogP contribution in [0.3, 0.4) is 0 Å². The van der Waals surface area contributed by atoms with E-state index < -0.39 is 0 Å². The maximum absolute atomic E-state index is 3.41. The number of rotatable bonds is 1. The largest absolute Gasteiger partial charge is 0.313 e. The Balaban J connectivity index is 0. The van der Waals surface area contributed by atoms with Crippen LogP contribution < -0.4 is 5.32 Å². The Hall–Kier alpha value is 0.500. The molecule has 0 aromatic rings. The molecular formula is C7H18Cl2N2. The molecule has 2 nitrogen and oxygen atoms in total. The lowest BCUT2D eigenvalue weighted by Gasteiger charge is -2.22. The van der Waals surface area contributed by atoms with Gasteiger partial charge in [0.15, 0.2) is 0 Å². The minimum absolute atomic E-state index is 0. The second-order valence-electron chi connectivity index (χ2n) is 3.06. The van der Waals surface area contributed by atoms with E-state index in [0.29, 0.717) is 6.04 Å². The van der Waals surface area contributed by atoms with Crippen molar-refractivity contribution in [3.63, 3.8) is 0 Å². The van der Waals surface area contributed by atoms with Crippen molar-refractivity contribution in [1.82, 2.24) is 10.2 Å². The van der Waals surface area contributed by atoms with Crippen molar-refractivity contribution in [2.24, 2.45) is 0 Å². The first-order valence-corrected chi connectivity index (χ1v) is 3.61. The minimum Gasteiger partial charge on any atom is -0.313 e. The van der Waals surface area contributed by atoms with Gasteiger partial charge in [0.05, 0.1) is 0 Å². The van der Waals surface area contributed by atoms with Gasteiger partial charge in [-0.1, -0.05) is 0 Å². The first-order valence-electron chi connectivity index (χ1n) is 3.61. The van der Waals surface area contributed by atoms with E-state index in [-0.39, 0.29) is 24.8 Å². The van der Waals surface area contributed by atoms with Gasteiger partial charge < -0.3 is 10.2 Å². The predicted octanol–water partition coefficient (Wildman–Crippen LogP) is 1.14. The van der Waals surface area contributed by atoms with Gasteiger partial charge >= 0.3 is 0 Å². The summed E-state index contributed by atoms with van der Waals surface area (Å²) < 4.78 is 0. The molecule has 1 heterocycles. The Morgan fingerprint density at radius 2 is 1.82 bits per heavy atom. The first kappa shape index (κ1) is 14.0. The third-order valence-corrected chi connectivity index (χ3v) is 2.15. The summed E-state index contributed by atoms with van der Waals surface area (Å²) in [5.74, 6) is 0. The molecule has 2 atom stereocenters. The molecule has 1 aliphatic heterocycles. The van der Waals surface area contributed by atoms with E-state index in [2.05, 4.69) is 31.2 Å². The van der Waals surface area contributed by atoms with Gasteiger partial charge in [-0.3, -0.25) is 0 Å². The molecule has 1 N–H and O–H groups in total. The van der Waals surface area contributed by atoms with Crippen LogP contribution in [0.25, 0.3) is 0 Å². The monoisotopic (exact) mass is 200 g/mol. The Morgan fingerprint density at radius 3 is 2.00 bits per heavy atom. The van der Waals surface area contributed by atoms with Crippen LogP contribution in [0.5, 0.6) is 0 Å². The average Bonchev–Trinajstić information content (AvgIpc) is 2.13. The average molecular weight is 201 g/mol. The zero-order valence-electron chi connectivity index (χ0n) is 7.33. The highest BCUT2D eigenvalue weighted by Gasteiger charge is 2.23. The van der Waals surface area contributed by atoms with Crippen molar-refractivity contribution < 1.29 is 0 Å². The summed E-state index contributed by atoms with van der Waals surface area (Å²) in [5.41, 5.74) is 0. The Morgan fingerprint density at radius 1 is 1.27 bits per heavy atom. The zero-order valence-corrected chi connectivity index (χ0v) is 8.97. The summed E-state index contributed by atoms with van der Waals surface area (Å²) in [4.78, 5) is 2.30. The van der Waals surface area contributed by atoms with Gasteiger partial charge in [0.1, 0.15) is 0 Å². The molecule has 1 fully saturated rings. The van der Waals surface area contributed by atoms with Gasteiger partial charge in [-0.05, 0) is 34.0 Å². The standard InChI is InChI=1S/C7H16N2.2ClH/c1-6-7(9(2)3)4-5-8-6;;/h6-8H,4-5H2,1-3H3;2*1H/t6-,7-;;/m1../s1. The van der Waals surface area contributed by atoms with E-state index >= 15 is 0 Å². The fourth-order valence-electron chi connectivity index (χ4n) is 1.55. The minimum atomic E-state index is 0. The number of likely N-dealkylation sites (N-methyl/N-ethyl adjacent to an activating group) is 1. The van der Waals surface area contributed by atoms with E-state index in [9.17, 15) is 0 Å². The molecule has 1 rings (SSSR count). The maximum Gasteiger partial charge on any atom is 0.0252 e. The van der Waals surface area contributed by atoms with Gasteiger partial charge in [-0.15, -0.1) is 24.8 Å². The van der Waals surface area contributed by atoms with Crippen LogP contribution >= 0.6 is 24.8 Å². The van der Waals surface area contributed by atoms with E-state index in [1.54, 1.807) is 0 Å². The molecule has 0 amide bonds. The Bertz CT molecular complexity index is 98.4. The molecule has 0 unspecified atom stereocenters. The summed E-state index contributed by atoms with van der Waals surface area (Å²) in [6.07, 6.45) is 1.30. The number of hydrogen-bond acceptors (Lipinski definition) is 2. The summed E-state index contributed by atoms with van der Waals surface area (Å²) in [6, 6.07) is 1.44. The molecule has 0 radical (unpaired) electrons. The Labute approximate surface area is 81.5 Å². The fourth-order valence-corrected chi connectivity index (χ4v) is 1.55. The third-order valence-electron chi connectivity index (χ3n) is 2.15. The first-order chi connectivity index (χ1) is 4.22. The quantitative estimate of drug-likeness (QED) is 0.684. The SMILES string of the molecule is C[C@H]1NCC[C@H]1N(C)C.Cl.Cl. The van der Waals surface area contributed by atoms with Gasteiger partial charge in [-0.2, -0.15) is 0 Å². The molecule has 11 heavy (non-hydrogen) atoms. The van der Waals surface area contributed by atoms with Gasteiger partial charge in [0, 0.05) is 12.1 Å². The van der Waals surface area contributed by atoms with Crippen LogP contribution in [0, 0.1) is 0 Å². The van der Waals surface area contributed by atoms with Gasteiger partial charge in [0.2, 0.25) is 0 Å². The van der Waals surface area contributed by atoms with Crippen LogP contribution in [0.2, 0.25) is 0 Å². The molecule has 0 bridgehead atoms. The highest BCUT2D eigenvalue weighted by molar-refractivity contribution is 5.85. The number of nitrogens with zero attached hydrogens (tertiary/aromatic N) is 1. The van der Waals surface area contributed by atoms with E-state index in [4.69, 9.17) is 0 Å². The predicted molar refractivity (Wildman–Crippen MR) is 54.1 cm³/mol. The van der Waals surface area contributed by atoms with Gasteiger partial charge in [-0.25, -0.2) is 0 Å². The van der Waals surface area contributed by atoms with E-state index in [0.717, 1.165) is 6.04 Å². The van der Waals surface area contributed by atoms with Crippen molar-refractivity contribution in [2.75, 3.05) is 20.6 Å². The molecule has 0 aromatic heterocycles. The second kappa shape index (κ2) is 6.06. The number of hydrogen-bond donors (Lipinski definition) is 1. The van der Waals surface area contributed by atoms with Crippen LogP contribution in [0.1, 0.15) is 13.3 Å². The summed E-state index contributed by atoms with van der Waals surface area (Å²) in [6.45, 7) is 3.43. The molecule has 0 saturated carbocycles. The third kappa shape index (κ3) is 3.61. The molecule has 0 spiro atoms. The molecule has 70 valence electrons. The van der Waals surface area contributed by atoms with Crippen molar-refractivity contribution in [2.45, 2.75) is 25.4 Å². The van der Waals surface area contributed by atoms with Crippen LogP contribution in [-0.2, 0) is 0 Å². The lowest BCUT2D eigenvalue weighted by Crippen LogP contribution is -2.37. The van der Waals surface area contributed by atoms with Crippen LogP contribution in [-0.4, -0.2) is 37.6 Å². The van der Waals surface area contributed by atoms with Crippen molar-refractivity contribution in [3.05, 3.63) is 0 Å². The summed E-state index contributed by atoms with van der Waals surface area (Å²) in [7, 11) is 4.29. The van der Waals surface area contributed by atoms with Gasteiger partial charge in [0.25, 0.3) is 0 Å². The fraction of sp³-hybridized carbons (Fsp3) is 1.00. The van der Waals surface area contributed by atoms with Crippen LogP contribution in [0.15, 0.2) is 0 Å². The van der Waals surface area contributed by atoms with E-state index in [1.807, 2.05) is 0 Å². The molecule has 4 heteroatoms. The zero-order chi connectivity index (χ0) is 6.85. The number of nitrogens with one attached hydrogen (secondary N) is 1. The highest BCUT2D eigenvalue weighted by Crippen LogP contribution is 2.10. The Kier molecular flexibility index (Phi) is 7.75. The second-order valence-corrected chi connectivity index (χ2v) is 3.06. The van der Waals surface area contributed by atoms with Crippen molar-refractivity contribution >= 4 is 24.8 Å². The topological polar surface area (TPSA) is 15.3 Å². The summed E-state index contributed by atoms with van der Waals surface area (Å²) >= 11 is 0. The molecule has 0 aromatic carbocycles. The normalized spacial score (nSPS) is 29.5. The summed E-state index contributed by atoms with van der Waals surface area (Å²) in [5, 5.41) is 3.41. The highest BCUT2D eigenvalue weighted by atomic mass is 35.5. The number of halogens is 2. The molecular weight excluding hydrogens is 183 g/mol. The van der Waals surface area contributed by atoms with Crippen molar-refractivity contribution in [3.8, 4) is 0 Å². The van der Waals surface area contributed by atoms with Crippen molar-refractivity contribution in [1.29, 1.82) is 0 Å².